The van der Waals surface area contributed by atoms with Crippen molar-refractivity contribution in [2.75, 3.05) is 19.8 Å². The molecular weight excluding hydrogens is 190 g/mol. The maximum Gasteiger partial charge on any atom is 0.110 e. The van der Waals surface area contributed by atoms with Crippen LogP contribution in [-0.4, -0.2) is 29.7 Å². The highest BCUT2D eigenvalue weighted by atomic mass is 16.5. The number of ether oxygens (including phenoxy) is 1. The van der Waals surface area contributed by atoms with Gasteiger partial charge in [0, 0.05) is 43.5 Å². The Bertz CT molecular complexity index is 305. The summed E-state index contributed by atoms with van der Waals surface area (Å²) in [6, 6.07) is 0. The first kappa shape index (κ1) is 10.6. The smallest absolute Gasteiger partial charge is 0.110 e. The van der Waals surface area contributed by atoms with Gasteiger partial charge in [-0.2, -0.15) is 0 Å². The van der Waals surface area contributed by atoms with Crippen molar-refractivity contribution in [1.82, 2.24) is 9.97 Å². The number of H-pyrrole nitrogens is 1. The normalized spacial score (nSPS) is 20.4. The molecule has 3 N–H and O–H groups in total. The monoisotopic (exact) mass is 209 g/mol. The number of nitrogens with one attached hydrogen (secondary N) is 1. The third kappa shape index (κ3) is 2.38. The number of hydrogen-bond donors (Lipinski definition) is 2. The topological polar surface area (TPSA) is 63.9 Å². The van der Waals surface area contributed by atoms with Crippen molar-refractivity contribution in [3.63, 3.8) is 0 Å². The van der Waals surface area contributed by atoms with Crippen LogP contribution in [0.15, 0.2) is 6.20 Å². The van der Waals surface area contributed by atoms with Crippen LogP contribution in [0.4, 0.5) is 0 Å². The van der Waals surface area contributed by atoms with Gasteiger partial charge in [0.1, 0.15) is 5.82 Å². The van der Waals surface area contributed by atoms with Crippen LogP contribution in [0.5, 0.6) is 0 Å². The number of rotatable bonds is 3. The zero-order valence-corrected chi connectivity index (χ0v) is 9.20. The van der Waals surface area contributed by atoms with Gasteiger partial charge >= 0.3 is 0 Å². The molecule has 0 bridgehead atoms. The molecule has 1 unspecified atom stereocenters. The van der Waals surface area contributed by atoms with Crippen molar-refractivity contribution in [3.8, 4) is 0 Å². The molecule has 0 saturated carbocycles. The molecule has 1 atom stereocenters. The first-order valence-corrected chi connectivity index (χ1v) is 5.64. The number of nitrogens with zero attached hydrogens (tertiary/aromatic N) is 1. The van der Waals surface area contributed by atoms with E-state index in [4.69, 9.17) is 10.5 Å². The minimum absolute atomic E-state index is 0.318. The fourth-order valence-corrected chi connectivity index (χ4v) is 1.93. The third-order valence-electron chi connectivity index (χ3n) is 3.10. The molecule has 4 heteroatoms. The third-order valence-corrected chi connectivity index (χ3v) is 3.10. The molecule has 0 amide bonds. The molecule has 1 aromatic rings. The molecule has 1 fully saturated rings. The Labute approximate surface area is 90.2 Å². The average Bonchev–Trinajstić information content (AvgIpc) is 2.78. The second kappa shape index (κ2) is 4.77. The van der Waals surface area contributed by atoms with Gasteiger partial charge in [-0.15, -0.1) is 0 Å². The van der Waals surface area contributed by atoms with E-state index in [1.54, 1.807) is 0 Å². The summed E-state index contributed by atoms with van der Waals surface area (Å²) in [7, 11) is 0. The molecule has 0 radical (unpaired) electrons. The molecule has 2 rings (SSSR count). The number of aromatic amines is 1. The van der Waals surface area contributed by atoms with E-state index >= 15 is 0 Å². The van der Waals surface area contributed by atoms with Crippen LogP contribution in [0.1, 0.15) is 43.1 Å². The van der Waals surface area contributed by atoms with E-state index < -0.39 is 0 Å². The fraction of sp³-hybridized carbons (Fsp3) is 0.727. The minimum atomic E-state index is 0.318. The standard InChI is InChI=1S/C11H19N3O/c1-8(6-12)11-13-7-10(14-11)9-2-4-15-5-3-9/h7-9H,2-6,12H2,1H3,(H,13,14). The van der Waals surface area contributed by atoms with E-state index in [-0.39, 0.29) is 0 Å². The zero-order valence-electron chi connectivity index (χ0n) is 9.20. The quantitative estimate of drug-likeness (QED) is 0.790. The predicted molar refractivity (Wildman–Crippen MR) is 58.9 cm³/mol. The molecule has 15 heavy (non-hydrogen) atoms. The molecule has 0 spiro atoms. The lowest BCUT2D eigenvalue weighted by atomic mass is 9.97. The van der Waals surface area contributed by atoms with Gasteiger partial charge in [-0.1, -0.05) is 6.92 Å². The highest BCUT2D eigenvalue weighted by Gasteiger charge is 2.18. The molecule has 2 heterocycles. The Kier molecular flexibility index (Phi) is 3.38. The summed E-state index contributed by atoms with van der Waals surface area (Å²) in [5, 5.41) is 0. The average molecular weight is 209 g/mol. The molecule has 1 aromatic heterocycles. The van der Waals surface area contributed by atoms with Crippen LogP contribution in [0.3, 0.4) is 0 Å². The molecule has 1 saturated heterocycles. The summed E-state index contributed by atoms with van der Waals surface area (Å²) in [5.41, 5.74) is 6.86. The molecule has 84 valence electrons. The lowest BCUT2D eigenvalue weighted by molar-refractivity contribution is 0.0845. The van der Waals surface area contributed by atoms with Crippen molar-refractivity contribution in [3.05, 3.63) is 17.7 Å². The number of hydrogen-bond acceptors (Lipinski definition) is 3. The first-order valence-electron chi connectivity index (χ1n) is 5.64. The summed E-state index contributed by atoms with van der Waals surface area (Å²) >= 11 is 0. The maximum absolute atomic E-state index is 5.61. The van der Waals surface area contributed by atoms with Crippen molar-refractivity contribution >= 4 is 0 Å². The molecular formula is C11H19N3O. The lowest BCUT2D eigenvalue weighted by Crippen LogP contribution is -2.15. The molecule has 0 aliphatic carbocycles. The summed E-state index contributed by atoms with van der Waals surface area (Å²) in [6.07, 6.45) is 4.15. The number of nitrogens with two attached hydrogens (primary N) is 1. The van der Waals surface area contributed by atoms with Crippen molar-refractivity contribution in [1.29, 1.82) is 0 Å². The van der Waals surface area contributed by atoms with Gasteiger partial charge in [-0.3, -0.25) is 0 Å². The Morgan fingerprint density at radius 2 is 2.33 bits per heavy atom. The Hall–Kier alpha value is -0.870. The van der Waals surface area contributed by atoms with Crippen molar-refractivity contribution < 1.29 is 4.74 Å². The predicted octanol–water partition coefficient (Wildman–Crippen LogP) is 1.37. The molecule has 1 aliphatic rings. The van der Waals surface area contributed by atoms with Gasteiger partial charge < -0.3 is 15.5 Å². The van der Waals surface area contributed by atoms with Gasteiger partial charge in [0.2, 0.25) is 0 Å². The summed E-state index contributed by atoms with van der Waals surface area (Å²) in [6.45, 7) is 4.46. The number of imidazole rings is 1. The highest BCUT2D eigenvalue weighted by molar-refractivity contribution is 5.10. The van der Waals surface area contributed by atoms with Crippen LogP contribution >= 0.6 is 0 Å². The van der Waals surface area contributed by atoms with Crippen LogP contribution in [0, 0.1) is 0 Å². The Morgan fingerprint density at radius 1 is 1.60 bits per heavy atom. The second-order valence-electron chi connectivity index (χ2n) is 4.25. The molecule has 4 nitrogen and oxygen atoms in total. The van der Waals surface area contributed by atoms with Gasteiger partial charge in [-0.05, 0) is 12.8 Å². The van der Waals surface area contributed by atoms with Gasteiger partial charge in [0.05, 0.1) is 0 Å². The molecule has 0 aromatic carbocycles. The van der Waals surface area contributed by atoms with E-state index in [1.165, 1.54) is 5.69 Å². The lowest BCUT2D eigenvalue weighted by Gasteiger charge is -2.20. The van der Waals surface area contributed by atoms with E-state index in [9.17, 15) is 0 Å². The highest BCUT2D eigenvalue weighted by Crippen LogP contribution is 2.26. The van der Waals surface area contributed by atoms with Crippen molar-refractivity contribution in [2.45, 2.75) is 31.6 Å². The van der Waals surface area contributed by atoms with Crippen LogP contribution < -0.4 is 5.73 Å². The first-order chi connectivity index (χ1) is 7.31. The van der Waals surface area contributed by atoms with E-state index in [0.29, 0.717) is 18.4 Å². The Balaban J connectivity index is 2.05. The molecule has 1 aliphatic heterocycles. The van der Waals surface area contributed by atoms with E-state index in [2.05, 4.69) is 16.9 Å². The summed E-state index contributed by atoms with van der Waals surface area (Å²) in [5.74, 6) is 1.92. The van der Waals surface area contributed by atoms with E-state index in [0.717, 1.165) is 31.9 Å². The van der Waals surface area contributed by atoms with Crippen molar-refractivity contribution in [2.24, 2.45) is 5.73 Å². The summed E-state index contributed by atoms with van der Waals surface area (Å²) in [4.78, 5) is 7.77. The number of aromatic nitrogens is 2. The minimum Gasteiger partial charge on any atom is -0.381 e. The second-order valence-corrected chi connectivity index (χ2v) is 4.25. The van der Waals surface area contributed by atoms with Gasteiger partial charge in [0.15, 0.2) is 0 Å². The fourth-order valence-electron chi connectivity index (χ4n) is 1.93. The van der Waals surface area contributed by atoms with Crippen LogP contribution in [0.25, 0.3) is 0 Å². The maximum atomic E-state index is 5.61. The van der Waals surface area contributed by atoms with E-state index in [1.807, 2.05) is 6.20 Å². The SMILES string of the molecule is CC(CN)c1ncc(C2CCOCC2)[nH]1. The van der Waals surface area contributed by atoms with Crippen LogP contribution in [-0.2, 0) is 4.74 Å². The van der Waals surface area contributed by atoms with Crippen LogP contribution in [0.2, 0.25) is 0 Å². The Morgan fingerprint density at radius 3 is 3.00 bits per heavy atom. The summed E-state index contributed by atoms with van der Waals surface area (Å²) < 4.78 is 5.34. The van der Waals surface area contributed by atoms with Gasteiger partial charge in [-0.25, -0.2) is 4.98 Å². The zero-order chi connectivity index (χ0) is 10.7. The van der Waals surface area contributed by atoms with Gasteiger partial charge in [0.25, 0.3) is 0 Å². The largest absolute Gasteiger partial charge is 0.381 e.